The largest absolute Gasteiger partial charge is 0.476 e. The summed E-state index contributed by atoms with van der Waals surface area (Å²) in [5.74, 6) is 1.20. The average molecular weight is 365 g/mol. The van der Waals surface area contributed by atoms with Crippen molar-refractivity contribution in [1.29, 1.82) is 0 Å². The van der Waals surface area contributed by atoms with Crippen molar-refractivity contribution in [1.82, 2.24) is 19.5 Å². The molecule has 0 spiro atoms. The maximum absolute atomic E-state index is 13.0. The number of anilines is 1. The quantitative estimate of drug-likeness (QED) is 0.765. The number of carbonyl (C=O) groups is 1. The second-order valence-corrected chi connectivity index (χ2v) is 6.72. The Labute approximate surface area is 157 Å². The molecule has 0 atom stereocenters. The number of imidazole rings is 1. The Morgan fingerprint density at radius 3 is 3.04 bits per heavy atom. The van der Waals surface area contributed by atoms with E-state index in [1.54, 1.807) is 24.4 Å². The van der Waals surface area contributed by atoms with Gasteiger partial charge in [0.25, 0.3) is 5.91 Å². The molecule has 4 heterocycles. The fraction of sp³-hybridized carbons (Fsp3) is 0.400. The first-order chi connectivity index (χ1) is 13.2. The van der Waals surface area contributed by atoms with Gasteiger partial charge < -0.3 is 14.6 Å². The molecule has 3 aromatic rings. The van der Waals surface area contributed by atoms with Crippen LogP contribution in [0.1, 0.15) is 48.1 Å². The van der Waals surface area contributed by atoms with E-state index >= 15 is 0 Å². The second kappa shape index (κ2) is 7.34. The summed E-state index contributed by atoms with van der Waals surface area (Å²) in [5, 5.41) is 2.92. The lowest BCUT2D eigenvalue weighted by Gasteiger charge is -2.11. The van der Waals surface area contributed by atoms with Crippen LogP contribution in [-0.4, -0.2) is 32.0 Å². The number of aromatic nitrogens is 4. The van der Waals surface area contributed by atoms with E-state index in [-0.39, 0.29) is 5.91 Å². The summed E-state index contributed by atoms with van der Waals surface area (Å²) >= 11 is 0. The Kier molecular flexibility index (Phi) is 4.75. The fourth-order valence-electron chi connectivity index (χ4n) is 3.52. The standard InChI is InChI=1S/C20H23N5O2/c1-3-27-20-15(8-7-10-21-20)23-19(26)14-12-13(2)22-18-17(14)24-16-9-5-4-6-11-25(16)18/h7-8,10,12H,3-6,9,11H2,1-2H3,(H,23,26). The SMILES string of the molecule is CCOc1ncccc1NC(=O)c1cc(C)nc2c1nc1n2CCCCC1. The lowest BCUT2D eigenvalue weighted by molar-refractivity contribution is 0.102. The van der Waals surface area contributed by atoms with Gasteiger partial charge in [-0.15, -0.1) is 0 Å². The molecule has 1 aliphatic rings. The maximum Gasteiger partial charge on any atom is 0.258 e. The number of carbonyl (C=O) groups excluding carboxylic acids is 1. The molecule has 7 heteroatoms. The van der Waals surface area contributed by atoms with Crippen molar-refractivity contribution < 1.29 is 9.53 Å². The van der Waals surface area contributed by atoms with Crippen LogP contribution in [0.2, 0.25) is 0 Å². The molecule has 0 aliphatic carbocycles. The predicted octanol–water partition coefficient (Wildman–Crippen LogP) is 3.51. The highest BCUT2D eigenvalue weighted by molar-refractivity contribution is 6.11. The highest BCUT2D eigenvalue weighted by atomic mass is 16.5. The molecular weight excluding hydrogens is 342 g/mol. The van der Waals surface area contributed by atoms with Gasteiger partial charge >= 0.3 is 0 Å². The smallest absolute Gasteiger partial charge is 0.258 e. The molecule has 0 aromatic carbocycles. The maximum atomic E-state index is 13.0. The molecule has 0 fully saturated rings. The Balaban J connectivity index is 1.74. The van der Waals surface area contributed by atoms with Crippen LogP contribution in [0.25, 0.3) is 11.2 Å². The summed E-state index contributed by atoms with van der Waals surface area (Å²) in [6, 6.07) is 5.34. The third-order valence-electron chi connectivity index (χ3n) is 4.74. The van der Waals surface area contributed by atoms with Crippen LogP contribution in [0, 0.1) is 6.92 Å². The molecule has 1 amide bonds. The monoisotopic (exact) mass is 365 g/mol. The normalized spacial score (nSPS) is 13.9. The Morgan fingerprint density at radius 1 is 1.30 bits per heavy atom. The first-order valence-electron chi connectivity index (χ1n) is 9.43. The number of aryl methyl sites for hydroxylation is 3. The number of nitrogens with one attached hydrogen (secondary N) is 1. The first kappa shape index (κ1) is 17.5. The number of hydrogen-bond acceptors (Lipinski definition) is 5. The summed E-state index contributed by atoms with van der Waals surface area (Å²) in [4.78, 5) is 26.7. The van der Waals surface area contributed by atoms with E-state index in [4.69, 9.17) is 9.72 Å². The third kappa shape index (κ3) is 3.37. The zero-order valence-corrected chi connectivity index (χ0v) is 15.7. The molecule has 27 heavy (non-hydrogen) atoms. The summed E-state index contributed by atoms with van der Waals surface area (Å²) < 4.78 is 7.68. The van der Waals surface area contributed by atoms with E-state index < -0.39 is 0 Å². The predicted molar refractivity (Wildman–Crippen MR) is 103 cm³/mol. The first-order valence-corrected chi connectivity index (χ1v) is 9.43. The van der Waals surface area contributed by atoms with Gasteiger partial charge in [0.05, 0.1) is 12.2 Å². The molecule has 0 unspecified atom stereocenters. The number of nitrogens with zero attached hydrogens (tertiary/aromatic N) is 4. The van der Waals surface area contributed by atoms with Crippen LogP contribution < -0.4 is 10.1 Å². The molecule has 0 saturated carbocycles. The second-order valence-electron chi connectivity index (χ2n) is 6.72. The van der Waals surface area contributed by atoms with E-state index in [1.165, 1.54) is 6.42 Å². The van der Waals surface area contributed by atoms with Gasteiger partial charge in [0.2, 0.25) is 5.88 Å². The van der Waals surface area contributed by atoms with Gasteiger partial charge in [-0.05, 0) is 44.9 Å². The molecular formula is C20H23N5O2. The minimum absolute atomic E-state index is 0.229. The van der Waals surface area contributed by atoms with E-state index in [0.717, 1.165) is 43.0 Å². The zero-order valence-electron chi connectivity index (χ0n) is 15.7. The van der Waals surface area contributed by atoms with Crippen LogP contribution >= 0.6 is 0 Å². The van der Waals surface area contributed by atoms with Crippen molar-refractivity contribution in [2.75, 3.05) is 11.9 Å². The number of amides is 1. The minimum Gasteiger partial charge on any atom is -0.476 e. The lowest BCUT2D eigenvalue weighted by Crippen LogP contribution is -2.15. The van der Waals surface area contributed by atoms with Gasteiger partial charge in [-0.25, -0.2) is 15.0 Å². The third-order valence-corrected chi connectivity index (χ3v) is 4.74. The van der Waals surface area contributed by atoms with Gasteiger partial charge in [-0.1, -0.05) is 6.42 Å². The highest BCUT2D eigenvalue weighted by Crippen LogP contribution is 2.26. The van der Waals surface area contributed by atoms with Gasteiger partial charge in [-0.3, -0.25) is 4.79 Å². The number of hydrogen-bond donors (Lipinski definition) is 1. The molecule has 4 rings (SSSR count). The van der Waals surface area contributed by atoms with Crippen molar-refractivity contribution in [3.05, 3.63) is 41.5 Å². The number of pyridine rings is 2. The number of rotatable bonds is 4. The minimum atomic E-state index is -0.229. The summed E-state index contributed by atoms with van der Waals surface area (Å²) in [7, 11) is 0. The van der Waals surface area contributed by atoms with Crippen LogP contribution in [-0.2, 0) is 13.0 Å². The number of fused-ring (bicyclic) bond motifs is 3. The highest BCUT2D eigenvalue weighted by Gasteiger charge is 2.21. The van der Waals surface area contributed by atoms with E-state index in [9.17, 15) is 4.79 Å². The molecule has 0 radical (unpaired) electrons. The van der Waals surface area contributed by atoms with E-state index in [2.05, 4.69) is 19.9 Å². The van der Waals surface area contributed by atoms with Crippen molar-refractivity contribution >= 4 is 22.8 Å². The topological polar surface area (TPSA) is 81.9 Å². The summed E-state index contributed by atoms with van der Waals surface area (Å²) in [5.41, 5.74) is 3.35. The Bertz CT molecular complexity index is 995. The van der Waals surface area contributed by atoms with Gasteiger partial charge in [0.15, 0.2) is 5.65 Å². The van der Waals surface area contributed by atoms with Gasteiger partial charge in [0, 0.05) is 24.9 Å². The lowest BCUT2D eigenvalue weighted by atomic mass is 10.2. The van der Waals surface area contributed by atoms with Crippen molar-refractivity contribution in [3.8, 4) is 5.88 Å². The Hall–Kier alpha value is -2.96. The van der Waals surface area contributed by atoms with Gasteiger partial charge in [-0.2, -0.15) is 0 Å². The molecule has 7 nitrogen and oxygen atoms in total. The summed E-state index contributed by atoms with van der Waals surface area (Å²) in [6.07, 6.45) is 6.00. The molecule has 1 aliphatic heterocycles. The fourth-order valence-corrected chi connectivity index (χ4v) is 3.52. The average Bonchev–Trinajstić information content (AvgIpc) is 2.84. The van der Waals surface area contributed by atoms with Crippen molar-refractivity contribution in [2.45, 2.75) is 46.1 Å². The molecule has 3 aromatic heterocycles. The number of ether oxygens (including phenoxy) is 1. The Morgan fingerprint density at radius 2 is 2.19 bits per heavy atom. The van der Waals surface area contributed by atoms with Crippen LogP contribution in [0.4, 0.5) is 5.69 Å². The van der Waals surface area contributed by atoms with Crippen LogP contribution in [0.3, 0.4) is 0 Å². The summed E-state index contributed by atoms with van der Waals surface area (Å²) in [6.45, 7) is 5.17. The van der Waals surface area contributed by atoms with Crippen LogP contribution in [0.5, 0.6) is 5.88 Å². The molecule has 0 bridgehead atoms. The van der Waals surface area contributed by atoms with E-state index in [0.29, 0.717) is 29.3 Å². The molecule has 140 valence electrons. The van der Waals surface area contributed by atoms with Gasteiger partial charge in [0.1, 0.15) is 17.0 Å². The van der Waals surface area contributed by atoms with Crippen LogP contribution in [0.15, 0.2) is 24.4 Å². The molecule has 0 saturated heterocycles. The van der Waals surface area contributed by atoms with Crippen molar-refractivity contribution in [2.24, 2.45) is 0 Å². The van der Waals surface area contributed by atoms with E-state index in [1.807, 2.05) is 13.8 Å². The zero-order chi connectivity index (χ0) is 18.8. The van der Waals surface area contributed by atoms with Crippen molar-refractivity contribution in [3.63, 3.8) is 0 Å². The molecule has 1 N–H and O–H groups in total.